The van der Waals surface area contributed by atoms with Crippen molar-refractivity contribution in [3.63, 3.8) is 0 Å². The van der Waals surface area contributed by atoms with E-state index < -0.39 is 0 Å². The molecule has 0 aliphatic heterocycles. The Hall–Kier alpha value is -0.490. The molecule has 0 saturated heterocycles. The van der Waals surface area contributed by atoms with Crippen molar-refractivity contribution in [1.29, 1.82) is 0 Å². The summed E-state index contributed by atoms with van der Waals surface area (Å²) in [7, 11) is 0. The van der Waals surface area contributed by atoms with Gasteiger partial charge < -0.3 is 15.8 Å². The first-order valence-electron chi connectivity index (χ1n) is 4.70. The molecule has 4 nitrogen and oxygen atoms in total. The van der Waals surface area contributed by atoms with Crippen LogP contribution in [0.25, 0.3) is 0 Å². The van der Waals surface area contributed by atoms with Crippen LogP contribution in [-0.2, 0) is 4.79 Å². The SMILES string of the molecule is CCOc1c(Br)cc(Cl)cc1NC(=O)CN.Cl. The fraction of sp³-hybridized carbons (Fsp3) is 0.300. The molecule has 1 aromatic rings. The highest BCUT2D eigenvalue weighted by molar-refractivity contribution is 9.10. The average Bonchev–Trinajstić information content (AvgIpc) is 2.23. The Morgan fingerprint density at radius 1 is 1.59 bits per heavy atom. The number of hydrogen-bond donors (Lipinski definition) is 2. The Balaban J connectivity index is 0.00000256. The van der Waals surface area contributed by atoms with Crippen molar-refractivity contribution in [2.75, 3.05) is 18.5 Å². The molecule has 0 heterocycles. The van der Waals surface area contributed by atoms with Gasteiger partial charge >= 0.3 is 0 Å². The highest BCUT2D eigenvalue weighted by Gasteiger charge is 2.11. The third-order valence-electron chi connectivity index (χ3n) is 1.76. The van der Waals surface area contributed by atoms with Crippen molar-refractivity contribution < 1.29 is 9.53 Å². The maximum absolute atomic E-state index is 11.2. The molecule has 0 aliphatic carbocycles. The molecule has 1 aromatic carbocycles. The van der Waals surface area contributed by atoms with Crippen LogP contribution in [0.4, 0.5) is 5.69 Å². The van der Waals surface area contributed by atoms with E-state index in [9.17, 15) is 4.79 Å². The van der Waals surface area contributed by atoms with Gasteiger partial charge in [0.2, 0.25) is 5.91 Å². The van der Waals surface area contributed by atoms with Gasteiger partial charge in [0.1, 0.15) is 0 Å². The van der Waals surface area contributed by atoms with Crippen LogP contribution in [-0.4, -0.2) is 19.1 Å². The van der Waals surface area contributed by atoms with Crippen molar-refractivity contribution in [2.45, 2.75) is 6.92 Å². The Kier molecular flexibility index (Phi) is 7.54. The normalized spacial score (nSPS) is 9.41. The zero-order chi connectivity index (χ0) is 12.1. The lowest BCUT2D eigenvalue weighted by molar-refractivity contribution is -0.114. The molecule has 0 fully saturated rings. The summed E-state index contributed by atoms with van der Waals surface area (Å²) in [4.78, 5) is 11.2. The van der Waals surface area contributed by atoms with Gasteiger partial charge in [0.15, 0.2) is 5.75 Å². The third kappa shape index (κ3) is 4.71. The molecular formula is C10H13BrCl2N2O2. The first kappa shape index (κ1) is 16.5. The lowest BCUT2D eigenvalue weighted by atomic mass is 10.3. The first-order chi connectivity index (χ1) is 7.58. The molecule has 1 rings (SSSR count). The van der Waals surface area contributed by atoms with Crippen LogP contribution in [0, 0.1) is 0 Å². The van der Waals surface area contributed by atoms with Crippen LogP contribution in [0.3, 0.4) is 0 Å². The summed E-state index contributed by atoms with van der Waals surface area (Å²) in [5, 5.41) is 3.13. The molecular weight excluding hydrogens is 331 g/mol. The summed E-state index contributed by atoms with van der Waals surface area (Å²) in [5.74, 6) is 0.254. The van der Waals surface area contributed by atoms with Crippen LogP contribution in [0.1, 0.15) is 6.92 Å². The molecule has 0 atom stereocenters. The van der Waals surface area contributed by atoms with E-state index in [0.29, 0.717) is 27.5 Å². The Labute approximate surface area is 119 Å². The largest absolute Gasteiger partial charge is 0.491 e. The molecule has 0 aromatic heterocycles. The van der Waals surface area contributed by atoms with Crippen LogP contribution in [0.15, 0.2) is 16.6 Å². The third-order valence-corrected chi connectivity index (χ3v) is 2.56. The number of hydrogen-bond acceptors (Lipinski definition) is 3. The number of ether oxygens (including phenoxy) is 1. The van der Waals surface area contributed by atoms with Crippen LogP contribution < -0.4 is 15.8 Å². The zero-order valence-electron chi connectivity index (χ0n) is 9.13. The van der Waals surface area contributed by atoms with Crippen LogP contribution >= 0.6 is 39.9 Å². The molecule has 0 radical (unpaired) electrons. The molecule has 0 saturated carbocycles. The van der Waals surface area contributed by atoms with Crippen molar-refractivity contribution >= 4 is 51.5 Å². The van der Waals surface area contributed by atoms with E-state index >= 15 is 0 Å². The second kappa shape index (κ2) is 7.76. The van der Waals surface area contributed by atoms with E-state index in [1.807, 2.05) is 6.92 Å². The summed E-state index contributed by atoms with van der Waals surface area (Å²) >= 11 is 9.20. The van der Waals surface area contributed by atoms with Gasteiger partial charge in [0.05, 0.1) is 23.3 Å². The molecule has 0 spiro atoms. The molecule has 7 heteroatoms. The molecule has 0 aliphatic rings. The van der Waals surface area contributed by atoms with E-state index in [1.54, 1.807) is 12.1 Å². The standard InChI is InChI=1S/C10H12BrClN2O2.ClH/c1-2-16-10-7(11)3-6(12)4-8(10)14-9(15)5-13;/h3-4H,2,5,13H2,1H3,(H,14,15);1H. The molecule has 3 N–H and O–H groups in total. The summed E-state index contributed by atoms with van der Waals surface area (Å²) in [6, 6.07) is 3.31. The maximum Gasteiger partial charge on any atom is 0.238 e. The minimum atomic E-state index is -0.296. The van der Waals surface area contributed by atoms with Gasteiger partial charge in [-0.15, -0.1) is 12.4 Å². The van der Waals surface area contributed by atoms with E-state index in [4.69, 9.17) is 22.1 Å². The van der Waals surface area contributed by atoms with Crippen molar-refractivity contribution in [3.05, 3.63) is 21.6 Å². The van der Waals surface area contributed by atoms with Crippen LogP contribution in [0.2, 0.25) is 5.02 Å². The number of rotatable bonds is 4. The summed E-state index contributed by atoms with van der Waals surface area (Å²) in [6.45, 7) is 2.26. The minimum Gasteiger partial charge on any atom is -0.491 e. The Morgan fingerprint density at radius 3 is 2.76 bits per heavy atom. The van der Waals surface area contributed by atoms with Gasteiger partial charge in [-0.3, -0.25) is 4.79 Å². The van der Waals surface area contributed by atoms with Crippen LogP contribution in [0.5, 0.6) is 5.75 Å². The summed E-state index contributed by atoms with van der Waals surface area (Å²) in [5.41, 5.74) is 5.73. The van der Waals surface area contributed by atoms with Gasteiger partial charge in [-0.1, -0.05) is 11.6 Å². The summed E-state index contributed by atoms with van der Waals surface area (Å²) in [6.07, 6.45) is 0. The van der Waals surface area contributed by atoms with Gasteiger partial charge in [-0.25, -0.2) is 0 Å². The number of nitrogens with two attached hydrogens (primary N) is 1. The monoisotopic (exact) mass is 342 g/mol. The number of benzene rings is 1. The van der Waals surface area contributed by atoms with E-state index in [0.717, 1.165) is 0 Å². The smallest absolute Gasteiger partial charge is 0.238 e. The number of carbonyl (C=O) groups is 1. The fourth-order valence-corrected chi connectivity index (χ4v) is 2.07. The number of halogens is 3. The first-order valence-corrected chi connectivity index (χ1v) is 5.87. The minimum absolute atomic E-state index is 0. The Bertz CT molecular complexity index is 402. The number of anilines is 1. The highest BCUT2D eigenvalue weighted by Crippen LogP contribution is 2.36. The Morgan fingerprint density at radius 2 is 2.24 bits per heavy atom. The van der Waals surface area contributed by atoms with Gasteiger partial charge in [0, 0.05) is 5.02 Å². The number of amides is 1. The average molecular weight is 344 g/mol. The molecule has 0 unspecified atom stereocenters. The van der Waals surface area contributed by atoms with Crippen molar-refractivity contribution in [1.82, 2.24) is 0 Å². The highest BCUT2D eigenvalue weighted by atomic mass is 79.9. The fourth-order valence-electron chi connectivity index (χ4n) is 1.15. The maximum atomic E-state index is 11.2. The van der Waals surface area contributed by atoms with E-state index in [-0.39, 0.29) is 24.9 Å². The lowest BCUT2D eigenvalue weighted by Gasteiger charge is -2.13. The zero-order valence-corrected chi connectivity index (χ0v) is 12.3. The number of carbonyl (C=O) groups excluding carboxylic acids is 1. The second-order valence-corrected chi connectivity index (χ2v) is 4.24. The van der Waals surface area contributed by atoms with Gasteiger partial charge in [-0.05, 0) is 35.0 Å². The predicted octanol–water partition coefficient (Wildman–Crippen LogP) is 2.82. The van der Waals surface area contributed by atoms with Gasteiger partial charge in [-0.2, -0.15) is 0 Å². The topological polar surface area (TPSA) is 64.3 Å². The van der Waals surface area contributed by atoms with E-state index in [2.05, 4.69) is 21.2 Å². The quantitative estimate of drug-likeness (QED) is 0.883. The second-order valence-electron chi connectivity index (χ2n) is 2.95. The molecule has 0 bridgehead atoms. The number of nitrogens with one attached hydrogen (secondary N) is 1. The van der Waals surface area contributed by atoms with Gasteiger partial charge in [0.25, 0.3) is 0 Å². The molecule has 96 valence electrons. The van der Waals surface area contributed by atoms with Crippen molar-refractivity contribution in [3.8, 4) is 5.75 Å². The van der Waals surface area contributed by atoms with E-state index in [1.165, 1.54) is 0 Å². The predicted molar refractivity (Wildman–Crippen MR) is 75.3 cm³/mol. The molecule has 17 heavy (non-hydrogen) atoms. The lowest BCUT2D eigenvalue weighted by Crippen LogP contribution is -2.22. The van der Waals surface area contributed by atoms with Crippen molar-refractivity contribution in [2.24, 2.45) is 5.73 Å². The molecule has 1 amide bonds. The summed E-state index contributed by atoms with van der Waals surface area (Å²) < 4.78 is 6.10.